The second-order valence-corrected chi connectivity index (χ2v) is 6.37. The Labute approximate surface area is 128 Å². The molecule has 1 amide bonds. The maximum Gasteiger partial charge on any atom is 0.237 e. The Bertz CT molecular complexity index is 657. The zero-order valence-electron chi connectivity index (χ0n) is 11.6. The summed E-state index contributed by atoms with van der Waals surface area (Å²) in [6.07, 6.45) is 1.71. The molecule has 0 radical (unpaired) electrons. The second kappa shape index (κ2) is 6.33. The fraction of sp³-hybridized carbons (Fsp3) is 0.235. The van der Waals surface area contributed by atoms with Crippen molar-refractivity contribution in [3.63, 3.8) is 0 Å². The number of rotatable bonds is 3. The average molecular weight is 299 g/mol. The first-order valence-corrected chi connectivity index (χ1v) is 7.89. The van der Waals surface area contributed by atoms with E-state index in [1.54, 1.807) is 11.8 Å². The molecule has 1 atom stereocenters. The lowest BCUT2D eigenvalue weighted by atomic mass is 10.1. The summed E-state index contributed by atoms with van der Waals surface area (Å²) in [5, 5.41) is 12.1. The molecule has 2 aromatic rings. The minimum Gasteiger partial charge on any atom is -0.392 e. The van der Waals surface area contributed by atoms with E-state index in [2.05, 4.69) is 11.4 Å². The van der Waals surface area contributed by atoms with E-state index in [-0.39, 0.29) is 17.8 Å². The molecule has 0 fully saturated rings. The molecule has 0 saturated carbocycles. The van der Waals surface area contributed by atoms with Gasteiger partial charge in [-0.2, -0.15) is 0 Å². The fourth-order valence-electron chi connectivity index (χ4n) is 2.49. The van der Waals surface area contributed by atoms with Crippen LogP contribution in [0.5, 0.6) is 0 Å². The van der Waals surface area contributed by atoms with Crippen molar-refractivity contribution >= 4 is 23.4 Å². The Hall–Kier alpha value is -1.78. The van der Waals surface area contributed by atoms with Crippen LogP contribution in [0.2, 0.25) is 0 Å². The van der Waals surface area contributed by atoms with E-state index in [0.29, 0.717) is 0 Å². The van der Waals surface area contributed by atoms with E-state index in [4.69, 9.17) is 0 Å². The number of thioether (sulfide) groups is 1. The number of nitrogens with one attached hydrogen (secondary N) is 1. The molecule has 0 bridgehead atoms. The molecule has 1 aliphatic rings. The van der Waals surface area contributed by atoms with E-state index < -0.39 is 0 Å². The average Bonchev–Trinajstić information content (AvgIpc) is 2.67. The van der Waals surface area contributed by atoms with Gasteiger partial charge in [0.15, 0.2) is 0 Å². The largest absolute Gasteiger partial charge is 0.392 e. The highest BCUT2D eigenvalue weighted by atomic mass is 32.2. The molecule has 3 rings (SSSR count). The normalized spacial score (nSPS) is 17.8. The number of aliphatic hydroxyl groups is 1. The standard InChI is InChI=1S/C17H17NO2S/c19-11-12-4-3-6-14(10-12)21-16-9-8-13-5-1-2-7-15(13)18-17(16)20/h1-7,10,16,19H,8-9,11H2,(H,18,20). The maximum atomic E-state index is 12.4. The van der Waals surface area contributed by atoms with Gasteiger partial charge in [0.05, 0.1) is 11.9 Å². The Morgan fingerprint density at radius 1 is 1.19 bits per heavy atom. The number of fused-ring (bicyclic) bond motifs is 1. The lowest BCUT2D eigenvalue weighted by molar-refractivity contribution is -0.115. The quantitative estimate of drug-likeness (QED) is 0.915. The van der Waals surface area contributed by atoms with Gasteiger partial charge in [-0.3, -0.25) is 4.79 Å². The molecule has 0 saturated heterocycles. The molecule has 3 nitrogen and oxygen atoms in total. The van der Waals surface area contributed by atoms with E-state index >= 15 is 0 Å². The van der Waals surface area contributed by atoms with Crippen molar-refractivity contribution in [3.8, 4) is 0 Å². The highest BCUT2D eigenvalue weighted by Gasteiger charge is 2.24. The van der Waals surface area contributed by atoms with Crippen molar-refractivity contribution in [2.45, 2.75) is 29.6 Å². The van der Waals surface area contributed by atoms with Gasteiger partial charge in [0.1, 0.15) is 0 Å². The predicted molar refractivity (Wildman–Crippen MR) is 85.4 cm³/mol. The van der Waals surface area contributed by atoms with Crippen LogP contribution in [-0.4, -0.2) is 16.3 Å². The number of benzene rings is 2. The molecule has 2 N–H and O–H groups in total. The molecule has 1 aliphatic heterocycles. The molecular weight excluding hydrogens is 282 g/mol. The van der Waals surface area contributed by atoms with E-state index in [1.165, 1.54) is 5.56 Å². The number of carbonyl (C=O) groups excluding carboxylic acids is 1. The van der Waals surface area contributed by atoms with Crippen LogP contribution >= 0.6 is 11.8 Å². The van der Waals surface area contributed by atoms with Crippen LogP contribution in [0, 0.1) is 0 Å². The molecule has 2 aromatic carbocycles. The van der Waals surface area contributed by atoms with E-state index in [0.717, 1.165) is 29.0 Å². The Morgan fingerprint density at radius 2 is 2.05 bits per heavy atom. The van der Waals surface area contributed by atoms with Crippen molar-refractivity contribution in [2.75, 3.05) is 5.32 Å². The minimum atomic E-state index is -0.105. The van der Waals surface area contributed by atoms with Crippen molar-refractivity contribution < 1.29 is 9.90 Å². The van der Waals surface area contributed by atoms with E-state index in [1.807, 2.05) is 42.5 Å². The van der Waals surface area contributed by atoms with Crippen LogP contribution in [0.15, 0.2) is 53.4 Å². The van der Waals surface area contributed by atoms with Gasteiger partial charge in [0.25, 0.3) is 0 Å². The summed E-state index contributed by atoms with van der Waals surface area (Å²) in [4.78, 5) is 13.4. The van der Waals surface area contributed by atoms with Gasteiger partial charge in [-0.05, 0) is 42.2 Å². The zero-order chi connectivity index (χ0) is 14.7. The van der Waals surface area contributed by atoms with Crippen molar-refractivity contribution in [3.05, 3.63) is 59.7 Å². The number of anilines is 1. The highest BCUT2D eigenvalue weighted by molar-refractivity contribution is 8.00. The number of aryl methyl sites for hydroxylation is 1. The third-order valence-electron chi connectivity index (χ3n) is 3.60. The number of carbonyl (C=O) groups is 1. The van der Waals surface area contributed by atoms with Gasteiger partial charge in [0.2, 0.25) is 5.91 Å². The number of hydrogen-bond donors (Lipinski definition) is 2. The maximum absolute atomic E-state index is 12.4. The first kappa shape index (κ1) is 14.2. The van der Waals surface area contributed by atoms with Crippen LogP contribution in [0.25, 0.3) is 0 Å². The third-order valence-corrected chi connectivity index (χ3v) is 4.86. The molecular formula is C17H17NO2S. The Balaban J connectivity index is 1.76. The van der Waals surface area contributed by atoms with Crippen LogP contribution in [0.1, 0.15) is 17.5 Å². The Morgan fingerprint density at radius 3 is 2.90 bits per heavy atom. The monoisotopic (exact) mass is 299 g/mol. The molecule has 0 aliphatic carbocycles. The van der Waals surface area contributed by atoms with Gasteiger partial charge in [-0.1, -0.05) is 30.3 Å². The van der Waals surface area contributed by atoms with Gasteiger partial charge < -0.3 is 10.4 Å². The molecule has 0 spiro atoms. The summed E-state index contributed by atoms with van der Waals surface area (Å²) in [6, 6.07) is 15.7. The van der Waals surface area contributed by atoms with Gasteiger partial charge in [-0.15, -0.1) is 11.8 Å². The topological polar surface area (TPSA) is 49.3 Å². The van der Waals surface area contributed by atoms with Gasteiger partial charge >= 0.3 is 0 Å². The summed E-state index contributed by atoms with van der Waals surface area (Å²) < 4.78 is 0. The first-order chi connectivity index (χ1) is 10.3. The van der Waals surface area contributed by atoms with Gasteiger partial charge in [-0.25, -0.2) is 0 Å². The number of aliphatic hydroxyl groups excluding tert-OH is 1. The van der Waals surface area contributed by atoms with Gasteiger partial charge in [0, 0.05) is 10.6 Å². The van der Waals surface area contributed by atoms with Crippen LogP contribution in [0.3, 0.4) is 0 Å². The lowest BCUT2D eigenvalue weighted by Gasteiger charge is -2.13. The molecule has 1 heterocycles. The smallest absolute Gasteiger partial charge is 0.237 e. The summed E-state index contributed by atoms with van der Waals surface area (Å²) in [7, 11) is 0. The third kappa shape index (κ3) is 3.28. The molecule has 1 unspecified atom stereocenters. The summed E-state index contributed by atoms with van der Waals surface area (Å²) >= 11 is 1.56. The van der Waals surface area contributed by atoms with Crippen molar-refractivity contribution in [1.29, 1.82) is 0 Å². The van der Waals surface area contributed by atoms with Crippen LogP contribution in [0.4, 0.5) is 5.69 Å². The molecule has 4 heteroatoms. The fourth-order valence-corrected chi connectivity index (χ4v) is 3.59. The zero-order valence-corrected chi connectivity index (χ0v) is 12.4. The number of amides is 1. The summed E-state index contributed by atoms with van der Waals surface area (Å²) in [5.41, 5.74) is 2.99. The lowest BCUT2D eigenvalue weighted by Crippen LogP contribution is -2.23. The SMILES string of the molecule is O=C1Nc2ccccc2CCC1Sc1cccc(CO)c1. The van der Waals surface area contributed by atoms with E-state index in [9.17, 15) is 9.90 Å². The second-order valence-electron chi connectivity index (χ2n) is 5.10. The summed E-state index contributed by atoms with van der Waals surface area (Å²) in [6.45, 7) is 0.0245. The van der Waals surface area contributed by atoms with Crippen molar-refractivity contribution in [2.24, 2.45) is 0 Å². The Kier molecular flexibility index (Phi) is 4.27. The number of hydrogen-bond acceptors (Lipinski definition) is 3. The highest BCUT2D eigenvalue weighted by Crippen LogP contribution is 2.31. The van der Waals surface area contributed by atoms with Crippen LogP contribution in [-0.2, 0) is 17.8 Å². The summed E-state index contributed by atoms with van der Waals surface area (Å²) in [5.74, 6) is 0.0550. The molecule has 21 heavy (non-hydrogen) atoms. The molecule has 0 aromatic heterocycles. The first-order valence-electron chi connectivity index (χ1n) is 7.01. The minimum absolute atomic E-state index is 0.0245. The van der Waals surface area contributed by atoms with Crippen molar-refractivity contribution in [1.82, 2.24) is 0 Å². The number of para-hydroxylation sites is 1. The van der Waals surface area contributed by atoms with Crippen LogP contribution < -0.4 is 5.32 Å². The predicted octanol–water partition coefficient (Wildman–Crippen LogP) is 3.22. The molecule has 108 valence electrons.